The molecule has 2 aromatic heterocycles. The van der Waals surface area contributed by atoms with Crippen molar-refractivity contribution < 1.29 is 0 Å². The first-order valence-corrected chi connectivity index (χ1v) is 3.75. The minimum atomic E-state index is 0.525. The van der Waals surface area contributed by atoms with Gasteiger partial charge in [-0.1, -0.05) is 0 Å². The van der Waals surface area contributed by atoms with Crippen molar-refractivity contribution in [1.82, 2.24) is 14.4 Å². The van der Waals surface area contributed by atoms with Gasteiger partial charge in [-0.3, -0.25) is 4.98 Å². The van der Waals surface area contributed by atoms with Gasteiger partial charge in [0, 0.05) is 18.0 Å². The second-order valence-corrected chi connectivity index (χ2v) is 2.86. The molecule has 0 fully saturated rings. The molecule has 2 aromatic rings. The first-order chi connectivity index (χ1) is 5.66. The summed E-state index contributed by atoms with van der Waals surface area (Å²) >= 11 is 0. The zero-order chi connectivity index (χ0) is 8.72. The van der Waals surface area contributed by atoms with Crippen LogP contribution in [0.4, 0.5) is 0 Å². The Balaban J connectivity index is 2.88. The first-order valence-electron chi connectivity index (χ1n) is 3.75. The van der Waals surface area contributed by atoms with Crippen LogP contribution in [0.25, 0.3) is 5.65 Å². The highest BCUT2D eigenvalue weighted by molar-refractivity contribution is 6.30. The number of imidazole rings is 1. The van der Waals surface area contributed by atoms with Crippen molar-refractivity contribution in [2.75, 3.05) is 0 Å². The van der Waals surface area contributed by atoms with Gasteiger partial charge in [-0.15, -0.1) is 0 Å². The van der Waals surface area contributed by atoms with Crippen LogP contribution in [0.15, 0.2) is 12.4 Å². The van der Waals surface area contributed by atoms with E-state index in [1.54, 1.807) is 6.20 Å². The lowest BCUT2D eigenvalue weighted by molar-refractivity contribution is 1.10. The fourth-order valence-corrected chi connectivity index (χ4v) is 1.30. The van der Waals surface area contributed by atoms with E-state index in [1.165, 1.54) is 0 Å². The predicted octanol–water partition coefficient (Wildman–Crippen LogP) is 0.140. The molecule has 2 heterocycles. The molecule has 0 spiro atoms. The Labute approximate surface area is 71.9 Å². The average molecular weight is 157 g/mol. The van der Waals surface area contributed by atoms with Gasteiger partial charge in [-0.25, -0.2) is 4.98 Å². The summed E-state index contributed by atoms with van der Waals surface area (Å²) in [5.74, 6) is 0. The topological polar surface area (TPSA) is 30.2 Å². The van der Waals surface area contributed by atoms with E-state index in [0.717, 1.165) is 17.0 Å². The summed E-state index contributed by atoms with van der Waals surface area (Å²) in [4.78, 5) is 8.41. The van der Waals surface area contributed by atoms with Gasteiger partial charge in [0.2, 0.25) is 0 Å². The van der Waals surface area contributed by atoms with E-state index in [0.29, 0.717) is 5.59 Å². The molecular weight excluding hydrogens is 149 g/mol. The van der Waals surface area contributed by atoms with Crippen molar-refractivity contribution in [2.24, 2.45) is 0 Å². The largest absolute Gasteiger partial charge is 0.304 e. The number of hydrogen-bond donors (Lipinski definition) is 0. The van der Waals surface area contributed by atoms with Crippen molar-refractivity contribution in [3.05, 3.63) is 23.8 Å². The number of fused-ring (bicyclic) bond motifs is 1. The number of hydrogen-bond acceptors (Lipinski definition) is 2. The van der Waals surface area contributed by atoms with Crippen LogP contribution in [-0.2, 0) is 0 Å². The summed E-state index contributed by atoms with van der Waals surface area (Å²) in [6.45, 7) is 3.85. The molecule has 0 atom stereocenters. The van der Waals surface area contributed by atoms with Crippen LogP contribution in [0, 0.1) is 13.8 Å². The van der Waals surface area contributed by atoms with Crippen LogP contribution in [0.1, 0.15) is 11.4 Å². The Morgan fingerprint density at radius 3 is 2.75 bits per heavy atom. The summed E-state index contributed by atoms with van der Waals surface area (Å²) < 4.78 is 1.90. The maximum absolute atomic E-state index is 5.57. The molecule has 12 heavy (non-hydrogen) atoms. The minimum Gasteiger partial charge on any atom is -0.304 e. The number of aryl methyl sites for hydroxylation is 2. The third kappa shape index (κ3) is 0.997. The molecule has 4 heteroatoms. The monoisotopic (exact) mass is 157 g/mol. The molecular formula is C8H8BN3. The average Bonchev–Trinajstić information content (AvgIpc) is 2.29. The molecule has 0 aliphatic heterocycles. The molecule has 2 rings (SSSR count). The molecule has 0 bridgehead atoms. The van der Waals surface area contributed by atoms with Crippen LogP contribution < -0.4 is 5.59 Å². The first kappa shape index (κ1) is 7.34. The smallest absolute Gasteiger partial charge is 0.158 e. The summed E-state index contributed by atoms with van der Waals surface area (Å²) in [6.07, 6.45) is 3.70. The number of nitrogens with zero attached hydrogens (tertiary/aromatic N) is 3. The third-order valence-electron chi connectivity index (χ3n) is 1.74. The molecule has 2 radical (unpaired) electrons. The second-order valence-electron chi connectivity index (χ2n) is 2.86. The standard InChI is InChI=1S/C8H8BN3/c1-5-3-12-4-7(9)11-6(2)8(12)10-5/h3-4H,1-2H3. The van der Waals surface area contributed by atoms with E-state index in [9.17, 15) is 0 Å². The van der Waals surface area contributed by atoms with Crippen LogP contribution in [0.2, 0.25) is 0 Å². The molecule has 0 aromatic carbocycles. The highest BCUT2D eigenvalue weighted by Gasteiger charge is 2.01. The van der Waals surface area contributed by atoms with E-state index in [2.05, 4.69) is 9.97 Å². The fraction of sp³-hybridized carbons (Fsp3) is 0.250. The van der Waals surface area contributed by atoms with Crippen LogP contribution in [0.5, 0.6) is 0 Å². The molecule has 0 saturated carbocycles. The highest BCUT2D eigenvalue weighted by Crippen LogP contribution is 2.04. The summed E-state index contributed by atoms with van der Waals surface area (Å²) in [6, 6.07) is 0. The highest BCUT2D eigenvalue weighted by atomic mass is 15.0. The van der Waals surface area contributed by atoms with Gasteiger partial charge in [-0.05, 0) is 13.8 Å². The molecule has 58 valence electrons. The van der Waals surface area contributed by atoms with E-state index >= 15 is 0 Å². The van der Waals surface area contributed by atoms with E-state index in [4.69, 9.17) is 7.85 Å². The number of rotatable bonds is 0. The van der Waals surface area contributed by atoms with Gasteiger partial charge in [0.25, 0.3) is 0 Å². The molecule has 0 saturated heterocycles. The molecule has 0 unspecified atom stereocenters. The second kappa shape index (κ2) is 2.34. The normalized spacial score (nSPS) is 10.8. The predicted molar refractivity (Wildman–Crippen MR) is 47.8 cm³/mol. The van der Waals surface area contributed by atoms with Gasteiger partial charge < -0.3 is 4.40 Å². The van der Waals surface area contributed by atoms with Gasteiger partial charge in [0.05, 0.1) is 11.4 Å². The maximum Gasteiger partial charge on any atom is 0.158 e. The summed E-state index contributed by atoms with van der Waals surface area (Å²) in [5.41, 5.74) is 3.24. The van der Waals surface area contributed by atoms with Crippen LogP contribution in [0.3, 0.4) is 0 Å². The van der Waals surface area contributed by atoms with Crippen LogP contribution >= 0.6 is 0 Å². The zero-order valence-corrected chi connectivity index (χ0v) is 7.07. The third-order valence-corrected chi connectivity index (χ3v) is 1.74. The fourth-order valence-electron chi connectivity index (χ4n) is 1.30. The van der Waals surface area contributed by atoms with Crippen LogP contribution in [-0.4, -0.2) is 22.2 Å². The molecule has 0 aliphatic rings. The zero-order valence-electron chi connectivity index (χ0n) is 7.07. The summed E-state index contributed by atoms with van der Waals surface area (Å²) in [7, 11) is 5.57. The van der Waals surface area contributed by atoms with Gasteiger partial charge in [0.15, 0.2) is 5.65 Å². The van der Waals surface area contributed by atoms with E-state index in [1.807, 2.05) is 24.4 Å². The van der Waals surface area contributed by atoms with Gasteiger partial charge >= 0.3 is 0 Å². The van der Waals surface area contributed by atoms with Crippen molar-refractivity contribution in [2.45, 2.75) is 13.8 Å². The van der Waals surface area contributed by atoms with Crippen molar-refractivity contribution in [3.63, 3.8) is 0 Å². The Bertz CT molecular complexity index is 433. The lowest BCUT2D eigenvalue weighted by atomic mass is 10.1. The molecule has 0 aliphatic carbocycles. The minimum absolute atomic E-state index is 0.525. The lowest BCUT2D eigenvalue weighted by Crippen LogP contribution is -2.12. The Hall–Kier alpha value is -1.32. The number of aromatic nitrogens is 3. The lowest BCUT2D eigenvalue weighted by Gasteiger charge is -1.98. The molecule has 0 amide bonds. The van der Waals surface area contributed by atoms with Crippen molar-refractivity contribution in [1.29, 1.82) is 0 Å². The molecule has 3 nitrogen and oxygen atoms in total. The van der Waals surface area contributed by atoms with E-state index in [-0.39, 0.29) is 0 Å². The Morgan fingerprint density at radius 2 is 2.00 bits per heavy atom. The van der Waals surface area contributed by atoms with Gasteiger partial charge in [-0.2, -0.15) is 0 Å². The molecule has 0 N–H and O–H groups in total. The Kier molecular flexibility index (Phi) is 1.43. The summed E-state index contributed by atoms with van der Waals surface area (Å²) in [5, 5.41) is 0. The van der Waals surface area contributed by atoms with E-state index < -0.39 is 0 Å². The Morgan fingerprint density at radius 1 is 1.25 bits per heavy atom. The maximum atomic E-state index is 5.57. The quantitative estimate of drug-likeness (QED) is 0.509. The SMILES string of the molecule is [B]c1cn2cc(C)nc2c(C)n1. The van der Waals surface area contributed by atoms with Gasteiger partial charge in [0.1, 0.15) is 7.85 Å². The van der Waals surface area contributed by atoms with Crippen molar-refractivity contribution in [3.8, 4) is 0 Å². The van der Waals surface area contributed by atoms with Crippen molar-refractivity contribution >= 4 is 19.1 Å².